The van der Waals surface area contributed by atoms with E-state index in [1.54, 1.807) is 11.9 Å². The summed E-state index contributed by atoms with van der Waals surface area (Å²) >= 11 is 0. The van der Waals surface area contributed by atoms with Gasteiger partial charge in [0.2, 0.25) is 5.91 Å². The number of likely N-dealkylation sites (tertiary alicyclic amines) is 1. The second-order valence-electron chi connectivity index (χ2n) is 5.74. The molecule has 0 spiro atoms. The summed E-state index contributed by atoms with van der Waals surface area (Å²) in [5.74, 6) is -1.07. The van der Waals surface area contributed by atoms with Crippen molar-refractivity contribution in [3.05, 3.63) is 35.4 Å². The Morgan fingerprint density at radius 3 is 2.71 bits per heavy atom. The number of aliphatic carboxylic acids is 1. The number of carbonyl (C=O) groups excluding carboxylic acids is 1. The van der Waals surface area contributed by atoms with Crippen molar-refractivity contribution in [2.24, 2.45) is 5.92 Å². The number of amides is 1. The number of aryl methyl sites for hydroxylation is 1. The van der Waals surface area contributed by atoms with E-state index >= 15 is 0 Å². The van der Waals surface area contributed by atoms with Crippen molar-refractivity contribution < 1.29 is 14.7 Å². The second kappa shape index (κ2) is 6.72. The molecule has 5 heteroatoms. The Morgan fingerprint density at radius 1 is 1.38 bits per heavy atom. The van der Waals surface area contributed by atoms with Gasteiger partial charge in [-0.3, -0.25) is 14.5 Å². The van der Waals surface area contributed by atoms with Crippen LogP contribution in [0.15, 0.2) is 24.3 Å². The SMILES string of the molecule is Cc1ccccc1CN(C)C(=O)CN1CCC(C(=O)O)C1. The summed E-state index contributed by atoms with van der Waals surface area (Å²) in [5.41, 5.74) is 2.31. The fourth-order valence-corrected chi connectivity index (χ4v) is 2.62. The fourth-order valence-electron chi connectivity index (χ4n) is 2.62. The van der Waals surface area contributed by atoms with Crippen molar-refractivity contribution in [3.8, 4) is 0 Å². The monoisotopic (exact) mass is 290 g/mol. The Labute approximate surface area is 125 Å². The lowest BCUT2D eigenvalue weighted by Gasteiger charge is -2.22. The summed E-state index contributed by atoms with van der Waals surface area (Å²) in [4.78, 5) is 26.8. The molecule has 1 aromatic rings. The quantitative estimate of drug-likeness (QED) is 0.889. The lowest BCUT2D eigenvalue weighted by Crippen LogP contribution is -2.37. The second-order valence-corrected chi connectivity index (χ2v) is 5.74. The molecule has 21 heavy (non-hydrogen) atoms. The number of carbonyl (C=O) groups is 2. The van der Waals surface area contributed by atoms with Gasteiger partial charge in [-0.2, -0.15) is 0 Å². The molecule has 2 rings (SSSR count). The van der Waals surface area contributed by atoms with Gasteiger partial charge in [0.25, 0.3) is 0 Å². The van der Waals surface area contributed by atoms with E-state index in [9.17, 15) is 9.59 Å². The van der Waals surface area contributed by atoms with Crippen molar-refractivity contribution >= 4 is 11.9 Å². The highest BCUT2D eigenvalue weighted by Gasteiger charge is 2.29. The number of carboxylic acids is 1. The average Bonchev–Trinajstić information content (AvgIpc) is 2.90. The minimum Gasteiger partial charge on any atom is -0.481 e. The molecule has 1 heterocycles. The minimum absolute atomic E-state index is 0.0318. The Balaban J connectivity index is 1.86. The normalized spacial score (nSPS) is 18.7. The van der Waals surface area contributed by atoms with Gasteiger partial charge >= 0.3 is 5.97 Å². The maximum Gasteiger partial charge on any atom is 0.307 e. The highest BCUT2D eigenvalue weighted by Crippen LogP contribution is 2.16. The van der Waals surface area contributed by atoms with Gasteiger partial charge < -0.3 is 10.0 Å². The van der Waals surface area contributed by atoms with Gasteiger partial charge in [0.1, 0.15) is 0 Å². The molecule has 114 valence electrons. The zero-order valence-electron chi connectivity index (χ0n) is 12.6. The van der Waals surface area contributed by atoms with Gasteiger partial charge in [-0.05, 0) is 31.0 Å². The van der Waals surface area contributed by atoms with Crippen LogP contribution in [0.2, 0.25) is 0 Å². The van der Waals surface area contributed by atoms with Crippen LogP contribution in [0, 0.1) is 12.8 Å². The number of carboxylic acid groups (broad SMARTS) is 1. The van der Waals surface area contributed by atoms with Crippen LogP contribution < -0.4 is 0 Å². The van der Waals surface area contributed by atoms with Gasteiger partial charge in [-0.25, -0.2) is 0 Å². The summed E-state index contributed by atoms with van der Waals surface area (Å²) in [7, 11) is 1.79. The van der Waals surface area contributed by atoms with E-state index in [-0.39, 0.29) is 11.8 Å². The Morgan fingerprint density at radius 2 is 2.10 bits per heavy atom. The molecule has 1 N–H and O–H groups in total. The van der Waals surface area contributed by atoms with Gasteiger partial charge in [0.15, 0.2) is 0 Å². The summed E-state index contributed by atoms with van der Waals surface area (Å²) in [6, 6.07) is 8.01. The first-order chi connectivity index (χ1) is 9.97. The van der Waals surface area contributed by atoms with E-state index < -0.39 is 5.97 Å². The van der Waals surface area contributed by atoms with Crippen molar-refractivity contribution in [1.82, 2.24) is 9.80 Å². The van der Waals surface area contributed by atoms with E-state index in [0.29, 0.717) is 32.6 Å². The van der Waals surface area contributed by atoms with Crippen molar-refractivity contribution in [2.45, 2.75) is 19.9 Å². The first-order valence-corrected chi connectivity index (χ1v) is 7.21. The first-order valence-electron chi connectivity index (χ1n) is 7.21. The van der Waals surface area contributed by atoms with Crippen molar-refractivity contribution in [2.75, 3.05) is 26.7 Å². The predicted molar refractivity (Wildman–Crippen MR) is 79.8 cm³/mol. The topological polar surface area (TPSA) is 60.9 Å². The zero-order valence-corrected chi connectivity index (χ0v) is 12.6. The molecule has 0 bridgehead atoms. The van der Waals surface area contributed by atoms with Crippen molar-refractivity contribution in [1.29, 1.82) is 0 Å². The van der Waals surface area contributed by atoms with Crippen LogP contribution >= 0.6 is 0 Å². The van der Waals surface area contributed by atoms with Crippen LogP contribution in [0.25, 0.3) is 0 Å². The number of hydrogen-bond donors (Lipinski definition) is 1. The average molecular weight is 290 g/mol. The maximum atomic E-state index is 12.2. The molecule has 0 radical (unpaired) electrons. The van der Waals surface area contributed by atoms with Gasteiger partial charge in [0, 0.05) is 20.1 Å². The Hall–Kier alpha value is -1.88. The maximum absolute atomic E-state index is 12.2. The molecule has 1 aliphatic heterocycles. The first kappa shape index (κ1) is 15.5. The highest BCUT2D eigenvalue weighted by atomic mass is 16.4. The fraction of sp³-hybridized carbons (Fsp3) is 0.500. The Bertz CT molecular complexity index is 530. The van der Waals surface area contributed by atoms with E-state index in [1.165, 1.54) is 5.56 Å². The third kappa shape index (κ3) is 4.04. The Kier molecular flexibility index (Phi) is 4.96. The molecule has 1 aliphatic rings. The number of hydrogen-bond acceptors (Lipinski definition) is 3. The molecule has 1 amide bonds. The van der Waals surface area contributed by atoms with Crippen molar-refractivity contribution in [3.63, 3.8) is 0 Å². The van der Waals surface area contributed by atoms with E-state index in [2.05, 4.69) is 0 Å². The molecule has 1 fully saturated rings. The molecule has 1 atom stereocenters. The van der Waals surface area contributed by atoms with Crippen LogP contribution in [-0.2, 0) is 16.1 Å². The van der Waals surface area contributed by atoms with E-state index in [0.717, 1.165) is 5.56 Å². The molecule has 1 aromatic carbocycles. The summed E-state index contributed by atoms with van der Waals surface area (Å²) < 4.78 is 0. The molecule has 0 saturated carbocycles. The molecular formula is C16H22N2O3. The number of likely N-dealkylation sites (N-methyl/N-ethyl adjacent to an activating group) is 1. The molecule has 0 aromatic heterocycles. The van der Waals surface area contributed by atoms with Crippen LogP contribution in [0.1, 0.15) is 17.5 Å². The lowest BCUT2D eigenvalue weighted by atomic mass is 10.1. The summed E-state index contributed by atoms with van der Waals surface area (Å²) in [5, 5.41) is 8.98. The lowest BCUT2D eigenvalue weighted by molar-refractivity contribution is -0.141. The summed E-state index contributed by atoms with van der Waals surface area (Å²) in [6.07, 6.45) is 0.629. The van der Waals surface area contributed by atoms with Gasteiger partial charge in [-0.15, -0.1) is 0 Å². The molecule has 5 nitrogen and oxygen atoms in total. The molecule has 1 saturated heterocycles. The third-order valence-corrected chi connectivity index (χ3v) is 4.08. The zero-order chi connectivity index (χ0) is 15.4. The van der Waals surface area contributed by atoms with Crippen LogP contribution in [0.4, 0.5) is 0 Å². The number of nitrogens with zero attached hydrogens (tertiary/aromatic N) is 2. The van der Waals surface area contributed by atoms with E-state index in [1.807, 2.05) is 36.1 Å². The highest BCUT2D eigenvalue weighted by molar-refractivity contribution is 5.78. The van der Waals surface area contributed by atoms with Crippen LogP contribution in [0.3, 0.4) is 0 Å². The largest absolute Gasteiger partial charge is 0.481 e. The molecular weight excluding hydrogens is 268 g/mol. The molecule has 0 aliphatic carbocycles. The van der Waals surface area contributed by atoms with Gasteiger partial charge in [0.05, 0.1) is 12.5 Å². The number of rotatable bonds is 5. The van der Waals surface area contributed by atoms with Gasteiger partial charge in [-0.1, -0.05) is 24.3 Å². The minimum atomic E-state index is -0.766. The third-order valence-electron chi connectivity index (χ3n) is 4.08. The smallest absolute Gasteiger partial charge is 0.307 e. The standard InChI is InChI=1S/C16H22N2O3/c1-12-5-3-4-6-13(12)9-17(2)15(19)11-18-8-7-14(10-18)16(20)21/h3-6,14H,7-11H2,1-2H3,(H,20,21). The van der Waals surface area contributed by atoms with Crippen LogP contribution in [-0.4, -0.2) is 53.5 Å². The summed E-state index contributed by atoms with van der Waals surface area (Å²) in [6.45, 7) is 4.07. The van der Waals surface area contributed by atoms with E-state index in [4.69, 9.17) is 5.11 Å². The molecule has 1 unspecified atom stereocenters. The predicted octanol–water partition coefficient (Wildman–Crippen LogP) is 1.36. The number of benzene rings is 1. The van der Waals surface area contributed by atoms with Crippen LogP contribution in [0.5, 0.6) is 0 Å².